The summed E-state index contributed by atoms with van der Waals surface area (Å²) >= 11 is 2.88. The lowest BCUT2D eigenvalue weighted by atomic mass is 9.85. The van der Waals surface area contributed by atoms with Crippen molar-refractivity contribution in [2.75, 3.05) is 17.6 Å². The molecule has 4 rings (SSSR count). The average Bonchev–Trinajstić information content (AvgIpc) is 3.33. The van der Waals surface area contributed by atoms with E-state index in [9.17, 15) is 14.4 Å². The molecule has 1 saturated carbocycles. The fraction of sp³-hybridized carbons (Fsp3) is 0.562. The third kappa shape index (κ3) is 2.89. The van der Waals surface area contributed by atoms with Crippen LogP contribution >= 0.6 is 23.1 Å². The van der Waals surface area contributed by atoms with Gasteiger partial charge in [0.2, 0.25) is 22.9 Å². The van der Waals surface area contributed by atoms with Crippen LogP contribution in [0, 0.1) is 23.7 Å². The van der Waals surface area contributed by atoms with Crippen molar-refractivity contribution in [3.05, 3.63) is 12.2 Å². The number of carbonyl (C=O) groups is 3. The molecule has 1 aliphatic heterocycles. The van der Waals surface area contributed by atoms with Crippen molar-refractivity contribution in [2.24, 2.45) is 23.7 Å². The number of hydrogen-bond acceptors (Lipinski definition) is 7. The molecule has 3 aliphatic rings. The van der Waals surface area contributed by atoms with Gasteiger partial charge in [0.25, 0.3) is 0 Å². The molecule has 2 bridgehead atoms. The molecule has 0 radical (unpaired) electrons. The van der Waals surface area contributed by atoms with Gasteiger partial charge in [-0.1, -0.05) is 42.2 Å². The zero-order valence-corrected chi connectivity index (χ0v) is 15.3. The molecule has 0 aromatic carbocycles. The first-order chi connectivity index (χ1) is 12.1. The Bertz CT molecular complexity index is 732. The Balaban J connectivity index is 1.33. The first kappa shape index (κ1) is 16.7. The number of amides is 3. The highest BCUT2D eigenvalue weighted by atomic mass is 32.2. The Morgan fingerprint density at radius 1 is 1.28 bits per heavy atom. The third-order valence-corrected chi connectivity index (χ3v) is 6.90. The van der Waals surface area contributed by atoms with Crippen LogP contribution in [0.25, 0.3) is 0 Å². The Morgan fingerprint density at radius 2 is 1.96 bits per heavy atom. The van der Waals surface area contributed by atoms with Crippen molar-refractivity contribution in [3.8, 4) is 0 Å². The summed E-state index contributed by atoms with van der Waals surface area (Å²) in [5, 5.41) is 11.0. The quantitative estimate of drug-likeness (QED) is 0.351. The monoisotopic (exact) mass is 378 g/mol. The van der Waals surface area contributed by atoms with Gasteiger partial charge < -0.3 is 5.32 Å². The minimum absolute atomic E-state index is 0.0789. The zero-order chi connectivity index (χ0) is 17.6. The van der Waals surface area contributed by atoms with Gasteiger partial charge in [-0.05, 0) is 24.0 Å². The number of aromatic nitrogens is 2. The highest BCUT2D eigenvalue weighted by Crippen LogP contribution is 2.52. The molecule has 1 N–H and O–H groups in total. The van der Waals surface area contributed by atoms with E-state index < -0.39 is 0 Å². The molecule has 132 valence electrons. The van der Waals surface area contributed by atoms with Gasteiger partial charge in [-0.15, -0.1) is 10.2 Å². The second-order valence-electron chi connectivity index (χ2n) is 6.43. The van der Waals surface area contributed by atoms with E-state index in [0.717, 1.165) is 16.5 Å². The molecule has 1 saturated heterocycles. The number of allylic oxidation sites excluding steroid dienone is 2. The van der Waals surface area contributed by atoms with Gasteiger partial charge in [-0.2, -0.15) is 0 Å². The molecule has 0 spiro atoms. The summed E-state index contributed by atoms with van der Waals surface area (Å²) in [6.45, 7) is 2.15. The second-order valence-corrected chi connectivity index (χ2v) is 8.92. The van der Waals surface area contributed by atoms with Crippen LogP contribution in [0.4, 0.5) is 5.13 Å². The molecule has 1 aromatic heterocycles. The van der Waals surface area contributed by atoms with E-state index in [-0.39, 0.29) is 54.4 Å². The normalized spacial score (nSPS) is 29.6. The Morgan fingerprint density at radius 3 is 2.60 bits per heavy atom. The molecular weight excluding hydrogens is 360 g/mol. The van der Waals surface area contributed by atoms with Gasteiger partial charge >= 0.3 is 0 Å². The van der Waals surface area contributed by atoms with Gasteiger partial charge in [0.05, 0.1) is 11.8 Å². The molecule has 3 amide bonds. The first-order valence-corrected chi connectivity index (χ1v) is 10.2. The summed E-state index contributed by atoms with van der Waals surface area (Å²) in [6.07, 6.45) is 5.12. The zero-order valence-electron chi connectivity index (χ0n) is 13.7. The van der Waals surface area contributed by atoms with Crippen molar-refractivity contribution >= 4 is 46.0 Å². The molecule has 4 atom stereocenters. The molecule has 2 heterocycles. The van der Waals surface area contributed by atoms with E-state index >= 15 is 0 Å². The van der Waals surface area contributed by atoms with Crippen molar-refractivity contribution in [1.29, 1.82) is 0 Å². The molecule has 9 heteroatoms. The molecule has 2 aliphatic carbocycles. The smallest absolute Gasteiger partial charge is 0.233 e. The maximum Gasteiger partial charge on any atom is 0.233 e. The molecule has 25 heavy (non-hydrogen) atoms. The second kappa shape index (κ2) is 6.53. The lowest BCUT2D eigenvalue weighted by Gasteiger charge is -2.16. The van der Waals surface area contributed by atoms with Gasteiger partial charge in [0, 0.05) is 13.0 Å². The molecule has 7 nitrogen and oxygen atoms in total. The number of fused-ring (bicyclic) bond motifs is 5. The third-order valence-electron chi connectivity index (χ3n) is 5.04. The van der Waals surface area contributed by atoms with Crippen molar-refractivity contribution < 1.29 is 14.4 Å². The number of thioether (sulfide) groups is 1. The topological polar surface area (TPSA) is 92.3 Å². The summed E-state index contributed by atoms with van der Waals surface area (Å²) in [5.41, 5.74) is 0. The van der Waals surface area contributed by atoms with E-state index in [1.165, 1.54) is 16.2 Å². The lowest BCUT2D eigenvalue weighted by molar-refractivity contribution is -0.140. The van der Waals surface area contributed by atoms with Crippen molar-refractivity contribution in [1.82, 2.24) is 15.1 Å². The predicted molar refractivity (Wildman–Crippen MR) is 94.0 cm³/mol. The average molecular weight is 378 g/mol. The van der Waals surface area contributed by atoms with Crippen molar-refractivity contribution in [2.45, 2.75) is 24.1 Å². The van der Waals surface area contributed by atoms with E-state index in [1.807, 2.05) is 6.92 Å². The van der Waals surface area contributed by atoms with Crippen LogP contribution in [0.3, 0.4) is 0 Å². The number of rotatable bonds is 6. The summed E-state index contributed by atoms with van der Waals surface area (Å²) in [6, 6.07) is 0. The highest BCUT2D eigenvalue weighted by Gasteiger charge is 2.58. The fourth-order valence-corrected chi connectivity index (χ4v) is 5.69. The molecule has 1 aromatic rings. The summed E-state index contributed by atoms with van der Waals surface area (Å²) in [5.74, 6) is 0.380. The predicted octanol–water partition coefficient (Wildman–Crippen LogP) is 1.79. The summed E-state index contributed by atoms with van der Waals surface area (Å²) in [4.78, 5) is 38.5. The Hall–Kier alpha value is -1.74. The van der Waals surface area contributed by atoms with Crippen LogP contribution < -0.4 is 5.32 Å². The van der Waals surface area contributed by atoms with Crippen LogP contribution in [0.1, 0.15) is 19.8 Å². The minimum atomic E-state index is -0.261. The maximum absolute atomic E-state index is 12.5. The van der Waals surface area contributed by atoms with Crippen LogP contribution in [-0.2, 0) is 14.4 Å². The van der Waals surface area contributed by atoms with Crippen LogP contribution in [0.2, 0.25) is 0 Å². The number of hydrogen-bond donors (Lipinski definition) is 1. The lowest BCUT2D eigenvalue weighted by Crippen LogP contribution is -2.35. The number of nitrogens with one attached hydrogen (secondary N) is 1. The standard InChI is InChI=1S/C16H18N4O3S2/c1-2-24-16-19-18-15(25-16)17-10(21)5-6-20-13(22)11-8-3-4-9(7-8)12(11)14(20)23/h3-4,8-9,11-12H,2,5-7H2,1H3,(H,17,18,21)/t8-,9-,11+,12+/m0/s1. The van der Waals surface area contributed by atoms with Gasteiger partial charge in [0.1, 0.15) is 0 Å². The largest absolute Gasteiger partial charge is 0.300 e. The number of likely N-dealkylation sites (tertiary alicyclic amines) is 1. The van der Waals surface area contributed by atoms with Gasteiger partial charge in [-0.3, -0.25) is 19.3 Å². The van der Waals surface area contributed by atoms with Gasteiger partial charge in [-0.25, -0.2) is 0 Å². The van der Waals surface area contributed by atoms with Crippen molar-refractivity contribution in [3.63, 3.8) is 0 Å². The first-order valence-electron chi connectivity index (χ1n) is 8.38. The fourth-order valence-electron chi connectivity index (χ4n) is 4.02. The highest BCUT2D eigenvalue weighted by molar-refractivity contribution is 8.01. The van der Waals surface area contributed by atoms with Crippen LogP contribution in [0.15, 0.2) is 16.5 Å². The SMILES string of the molecule is CCSc1nnc(NC(=O)CCN2C(=O)[C@H]3[C@H](C2=O)[C@H]2C=C[C@H]3C2)s1. The van der Waals surface area contributed by atoms with E-state index in [1.54, 1.807) is 11.8 Å². The van der Waals surface area contributed by atoms with E-state index in [0.29, 0.717) is 5.13 Å². The van der Waals surface area contributed by atoms with Crippen LogP contribution in [0.5, 0.6) is 0 Å². The van der Waals surface area contributed by atoms with E-state index in [4.69, 9.17) is 0 Å². The minimum Gasteiger partial charge on any atom is -0.300 e. The Kier molecular flexibility index (Phi) is 4.36. The summed E-state index contributed by atoms with van der Waals surface area (Å²) in [7, 11) is 0. The van der Waals surface area contributed by atoms with Crippen LogP contribution in [-0.4, -0.2) is 45.1 Å². The Labute approximate surface area is 153 Å². The van der Waals surface area contributed by atoms with E-state index in [2.05, 4.69) is 27.7 Å². The number of imide groups is 1. The number of nitrogens with zero attached hydrogens (tertiary/aromatic N) is 3. The molecule has 0 unspecified atom stereocenters. The molecular formula is C16H18N4O3S2. The molecule has 2 fully saturated rings. The maximum atomic E-state index is 12.5. The summed E-state index contributed by atoms with van der Waals surface area (Å²) < 4.78 is 0.804. The van der Waals surface area contributed by atoms with Gasteiger partial charge in [0.15, 0.2) is 4.34 Å². The number of anilines is 1. The number of carbonyl (C=O) groups excluding carboxylic acids is 3.